The molecule has 0 radical (unpaired) electrons. The van der Waals surface area contributed by atoms with E-state index in [-0.39, 0.29) is 31.1 Å². The number of unbranched alkanes of at least 4 members (excludes halogenated alkanes) is 30. The van der Waals surface area contributed by atoms with Crippen LogP contribution in [-0.2, 0) is 28.6 Å². The van der Waals surface area contributed by atoms with E-state index in [0.29, 0.717) is 19.3 Å². The molecule has 0 rings (SSSR count). The first-order valence-corrected chi connectivity index (χ1v) is 25.0. The summed E-state index contributed by atoms with van der Waals surface area (Å²) in [4.78, 5) is 37.8. The summed E-state index contributed by atoms with van der Waals surface area (Å²) in [7, 11) is 0. The molecule has 0 aliphatic rings. The predicted octanol–water partition coefficient (Wildman–Crippen LogP) is 16.1. The van der Waals surface area contributed by atoms with E-state index in [4.69, 9.17) is 14.2 Å². The second-order valence-electron chi connectivity index (χ2n) is 16.8. The number of allylic oxidation sites excluding steroid dienone is 6. The molecule has 0 saturated heterocycles. The van der Waals surface area contributed by atoms with E-state index in [1.807, 2.05) is 0 Å². The van der Waals surface area contributed by atoms with Crippen LogP contribution in [0.5, 0.6) is 0 Å². The largest absolute Gasteiger partial charge is 0.462 e. The second kappa shape index (κ2) is 47.3. The normalized spacial score (nSPS) is 12.3. The van der Waals surface area contributed by atoms with Gasteiger partial charge in [0.25, 0.3) is 0 Å². The number of rotatable bonds is 45. The van der Waals surface area contributed by atoms with Gasteiger partial charge in [-0.1, -0.05) is 231 Å². The summed E-state index contributed by atoms with van der Waals surface area (Å²) in [6.07, 6.45) is 54.1. The third-order valence-corrected chi connectivity index (χ3v) is 11.0. The Bertz CT molecular complexity index is 984. The van der Waals surface area contributed by atoms with Crippen molar-refractivity contribution in [2.75, 3.05) is 13.2 Å². The van der Waals surface area contributed by atoms with Gasteiger partial charge in [0.05, 0.1) is 0 Å². The molecule has 338 valence electrons. The van der Waals surface area contributed by atoms with Crippen molar-refractivity contribution in [3.63, 3.8) is 0 Å². The lowest BCUT2D eigenvalue weighted by Gasteiger charge is -2.18. The highest BCUT2D eigenvalue weighted by molar-refractivity contribution is 5.71. The van der Waals surface area contributed by atoms with Gasteiger partial charge in [0.2, 0.25) is 0 Å². The molecule has 58 heavy (non-hydrogen) atoms. The number of carbonyl (C=O) groups excluding carboxylic acids is 3. The quantitative estimate of drug-likeness (QED) is 0.0264. The Hall–Kier alpha value is -2.37. The van der Waals surface area contributed by atoms with E-state index in [0.717, 1.165) is 77.0 Å². The summed E-state index contributed by atoms with van der Waals surface area (Å²) in [5.41, 5.74) is 0. The van der Waals surface area contributed by atoms with Crippen LogP contribution >= 0.6 is 0 Å². The van der Waals surface area contributed by atoms with Gasteiger partial charge >= 0.3 is 17.9 Å². The van der Waals surface area contributed by atoms with Crippen LogP contribution in [0.4, 0.5) is 0 Å². The summed E-state index contributed by atoms with van der Waals surface area (Å²) in [6, 6.07) is 0. The van der Waals surface area contributed by atoms with Gasteiger partial charge in [-0.05, 0) is 44.9 Å². The van der Waals surface area contributed by atoms with E-state index in [2.05, 4.69) is 57.2 Å². The number of hydrogen-bond donors (Lipinski definition) is 0. The average Bonchev–Trinajstić information content (AvgIpc) is 3.22. The van der Waals surface area contributed by atoms with Crippen molar-refractivity contribution in [3.8, 4) is 0 Å². The molecule has 0 aliphatic heterocycles. The van der Waals surface area contributed by atoms with Gasteiger partial charge < -0.3 is 14.2 Å². The number of hydrogen-bond acceptors (Lipinski definition) is 6. The van der Waals surface area contributed by atoms with Gasteiger partial charge in [0.1, 0.15) is 13.2 Å². The molecule has 0 bridgehead atoms. The molecule has 1 atom stereocenters. The highest BCUT2D eigenvalue weighted by atomic mass is 16.6. The van der Waals surface area contributed by atoms with Crippen molar-refractivity contribution in [3.05, 3.63) is 36.5 Å². The smallest absolute Gasteiger partial charge is 0.306 e. The lowest BCUT2D eigenvalue weighted by Crippen LogP contribution is -2.30. The lowest BCUT2D eigenvalue weighted by atomic mass is 10.1. The predicted molar refractivity (Wildman–Crippen MR) is 247 cm³/mol. The molecule has 6 heteroatoms. The van der Waals surface area contributed by atoms with Gasteiger partial charge in [0.15, 0.2) is 6.10 Å². The van der Waals surface area contributed by atoms with Crippen LogP contribution in [0.25, 0.3) is 0 Å². The minimum atomic E-state index is -0.773. The maximum absolute atomic E-state index is 12.7. The molecule has 0 aromatic rings. The Morgan fingerprint density at radius 2 is 0.621 bits per heavy atom. The fourth-order valence-electron chi connectivity index (χ4n) is 7.15. The van der Waals surface area contributed by atoms with Gasteiger partial charge in [-0.15, -0.1) is 0 Å². The molecule has 0 aromatic carbocycles. The Morgan fingerprint density at radius 3 is 0.948 bits per heavy atom. The maximum Gasteiger partial charge on any atom is 0.306 e. The minimum Gasteiger partial charge on any atom is -0.462 e. The fourth-order valence-corrected chi connectivity index (χ4v) is 7.15. The Kier molecular flexibility index (Phi) is 45.4. The van der Waals surface area contributed by atoms with Crippen molar-refractivity contribution < 1.29 is 28.6 Å². The van der Waals surface area contributed by atoms with Gasteiger partial charge in [-0.2, -0.15) is 0 Å². The molecule has 0 fully saturated rings. The third-order valence-electron chi connectivity index (χ3n) is 11.0. The minimum absolute atomic E-state index is 0.0751. The summed E-state index contributed by atoms with van der Waals surface area (Å²) in [5, 5.41) is 0. The molecular weight excluding hydrogens is 721 g/mol. The van der Waals surface area contributed by atoms with Gasteiger partial charge in [0, 0.05) is 19.3 Å². The molecule has 0 aromatic heterocycles. The SMILES string of the molecule is CCCCCCC\C=C/C=C\C=C/CCCCCCCC(=O)OCC(COC(=O)CCCCCCCCCCCCC)OC(=O)CCCCCCCCCCCCC. The first-order chi connectivity index (χ1) is 28.5. The molecule has 0 spiro atoms. The van der Waals surface area contributed by atoms with E-state index >= 15 is 0 Å². The van der Waals surface area contributed by atoms with Crippen LogP contribution < -0.4 is 0 Å². The van der Waals surface area contributed by atoms with Crippen LogP contribution in [0, 0.1) is 0 Å². The molecule has 0 N–H and O–H groups in total. The van der Waals surface area contributed by atoms with Crippen molar-refractivity contribution in [1.82, 2.24) is 0 Å². The van der Waals surface area contributed by atoms with Crippen LogP contribution in [0.3, 0.4) is 0 Å². The van der Waals surface area contributed by atoms with Crippen molar-refractivity contribution >= 4 is 17.9 Å². The van der Waals surface area contributed by atoms with E-state index < -0.39 is 6.10 Å². The van der Waals surface area contributed by atoms with Gasteiger partial charge in [-0.3, -0.25) is 14.4 Å². The topological polar surface area (TPSA) is 78.9 Å². The maximum atomic E-state index is 12.7. The molecule has 0 saturated carbocycles. The highest BCUT2D eigenvalue weighted by Crippen LogP contribution is 2.15. The standard InChI is InChI=1S/C52H94O6/c1-4-7-10-13-16-19-22-23-24-25-26-27-28-31-33-36-39-42-45-51(54)57-48-49(58-52(55)46-43-40-37-34-30-21-18-15-12-9-6-3)47-56-50(53)44-41-38-35-32-29-20-17-14-11-8-5-2/h22-27,49H,4-21,28-48H2,1-3H3/b23-22-,25-24-,27-26-. The van der Waals surface area contributed by atoms with Crippen LogP contribution in [-0.4, -0.2) is 37.2 Å². The number of ether oxygens (including phenoxy) is 3. The molecule has 0 heterocycles. The summed E-state index contributed by atoms with van der Waals surface area (Å²) >= 11 is 0. The zero-order chi connectivity index (χ0) is 42.3. The zero-order valence-corrected chi connectivity index (χ0v) is 38.6. The first kappa shape index (κ1) is 55.6. The van der Waals surface area contributed by atoms with E-state index in [9.17, 15) is 14.4 Å². The van der Waals surface area contributed by atoms with E-state index in [1.165, 1.54) is 141 Å². The Labute approximate surface area is 359 Å². The number of carbonyl (C=O) groups is 3. The summed E-state index contributed by atoms with van der Waals surface area (Å²) in [6.45, 7) is 6.60. The van der Waals surface area contributed by atoms with Gasteiger partial charge in [-0.25, -0.2) is 0 Å². The lowest BCUT2D eigenvalue weighted by molar-refractivity contribution is -0.167. The monoisotopic (exact) mass is 815 g/mol. The Balaban J connectivity index is 4.35. The molecule has 0 aliphatic carbocycles. The molecule has 1 unspecified atom stereocenters. The van der Waals surface area contributed by atoms with Crippen molar-refractivity contribution in [1.29, 1.82) is 0 Å². The third kappa shape index (κ3) is 44.7. The summed E-state index contributed by atoms with van der Waals surface area (Å²) < 4.78 is 16.7. The second-order valence-corrected chi connectivity index (χ2v) is 16.8. The zero-order valence-electron chi connectivity index (χ0n) is 38.6. The van der Waals surface area contributed by atoms with Crippen LogP contribution in [0.1, 0.15) is 258 Å². The Morgan fingerprint density at radius 1 is 0.345 bits per heavy atom. The van der Waals surface area contributed by atoms with Crippen molar-refractivity contribution in [2.45, 2.75) is 264 Å². The molecular formula is C52H94O6. The van der Waals surface area contributed by atoms with Crippen molar-refractivity contribution in [2.24, 2.45) is 0 Å². The number of esters is 3. The molecule has 6 nitrogen and oxygen atoms in total. The fraction of sp³-hybridized carbons (Fsp3) is 0.827. The average molecular weight is 815 g/mol. The van der Waals surface area contributed by atoms with E-state index in [1.54, 1.807) is 0 Å². The van der Waals surface area contributed by atoms with Crippen LogP contribution in [0.15, 0.2) is 36.5 Å². The van der Waals surface area contributed by atoms with Crippen LogP contribution in [0.2, 0.25) is 0 Å². The molecule has 0 amide bonds. The summed E-state index contributed by atoms with van der Waals surface area (Å²) in [5.74, 6) is -0.889. The first-order valence-electron chi connectivity index (χ1n) is 25.0. The highest BCUT2D eigenvalue weighted by Gasteiger charge is 2.19.